The first-order valence-electron chi connectivity index (χ1n) is 5.77. The molecule has 1 atom stereocenters. The maximum absolute atomic E-state index is 6.03. The summed E-state index contributed by atoms with van der Waals surface area (Å²) in [7, 11) is 0. The summed E-state index contributed by atoms with van der Waals surface area (Å²) < 4.78 is 4.69. The zero-order chi connectivity index (χ0) is 12.3. The second-order valence-corrected chi connectivity index (χ2v) is 4.61. The smallest absolute Gasteiger partial charge is 0.213 e. The summed E-state index contributed by atoms with van der Waals surface area (Å²) in [6, 6.07) is 7.95. The predicted octanol–water partition coefficient (Wildman–Crippen LogP) is 2.32. The molecule has 0 aliphatic rings. The van der Waals surface area contributed by atoms with Gasteiger partial charge in [-0.15, -0.1) is 0 Å². The molecule has 0 radical (unpaired) electrons. The molecule has 4 nitrogen and oxygen atoms in total. The van der Waals surface area contributed by atoms with E-state index in [9.17, 15) is 0 Å². The quantitative estimate of drug-likeness (QED) is 0.877. The minimum Gasteiger partial charge on any atom is -0.343 e. The third kappa shape index (κ3) is 2.91. The van der Waals surface area contributed by atoms with Crippen LogP contribution in [0.1, 0.15) is 36.8 Å². The fourth-order valence-electron chi connectivity index (χ4n) is 1.80. The van der Waals surface area contributed by atoms with Gasteiger partial charge in [-0.25, -0.2) is 0 Å². The summed E-state index contributed by atoms with van der Waals surface area (Å²) >= 11 is 0. The molecular weight excluding hydrogens is 214 g/mol. The first kappa shape index (κ1) is 11.8. The van der Waals surface area contributed by atoms with Crippen LogP contribution in [0.5, 0.6) is 0 Å². The van der Waals surface area contributed by atoms with Crippen molar-refractivity contribution in [3.8, 4) is 0 Å². The molecule has 0 aliphatic heterocycles. The molecule has 1 aromatic heterocycles. The molecule has 0 aliphatic carbocycles. The van der Waals surface area contributed by atoms with Gasteiger partial charge in [0.2, 0.25) is 6.39 Å². The fraction of sp³-hybridized carbons (Fsp3) is 0.385. The summed E-state index contributed by atoms with van der Waals surface area (Å²) in [5.74, 6) is 1.17. The Labute approximate surface area is 101 Å². The van der Waals surface area contributed by atoms with E-state index in [1.165, 1.54) is 12.0 Å². The third-order valence-corrected chi connectivity index (χ3v) is 2.64. The number of nitrogens with zero attached hydrogens (tertiary/aromatic N) is 2. The van der Waals surface area contributed by atoms with E-state index in [1.54, 1.807) is 0 Å². The maximum atomic E-state index is 6.03. The van der Waals surface area contributed by atoms with Gasteiger partial charge in [0.25, 0.3) is 0 Å². The monoisotopic (exact) mass is 231 g/mol. The van der Waals surface area contributed by atoms with Gasteiger partial charge in [0.1, 0.15) is 0 Å². The fourth-order valence-corrected chi connectivity index (χ4v) is 1.80. The van der Waals surface area contributed by atoms with Gasteiger partial charge in [-0.3, -0.25) is 0 Å². The largest absolute Gasteiger partial charge is 0.343 e. The van der Waals surface area contributed by atoms with Crippen LogP contribution in [0.15, 0.2) is 35.2 Å². The van der Waals surface area contributed by atoms with Gasteiger partial charge >= 0.3 is 0 Å². The number of rotatable bonds is 4. The SMILES string of the molecule is CC(C)Cc1ccc(C(N)c2ncon2)cc1. The second kappa shape index (κ2) is 5.10. The highest BCUT2D eigenvalue weighted by Crippen LogP contribution is 2.17. The zero-order valence-corrected chi connectivity index (χ0v) is 10.1. The first-order valence-corrected chi connectivity index (χ1v) is 5.77. The average molecular weight is 231 g/mol. The van der Waals surface area contributed by atoms with Crippen LogP contribution in [0.2, 0.25) is 0 Å². The lowest BCUT2D eigenvalue weighted by molar-refractivity contribution is 0.407. The van der Waals surface area contributed by atoms with E-state index >= 15 is 0 Å². The zero-order valence-electron chi connectivity index (χ0n) is 10.1. The normalized spacial score (nSPS) is 12.9. The highest BCUT2D eigenvalue weighted by molar-refractivity contribution is 5.28. The van der Waals surface area contributed by atoms with Crippen LogP contribution in [0.25, 0.3) is 0 Å². The highest BCUT2D eigenvalue weighted by Gasteiger charge is 2.13. The van der Waals surface area contributed by atoms with Gasteiger partial charge in [0.15, 0.2) is 5.82 Å². The number of hydrogen-bond acceptors (Lipinski definition) is 4. The Morgan fingerprint density at radius 1 is 1.24 bits per heavy atom. The van der Waals surface area contributed by atoms with Crippen LogP contribution in [-0.2, 0) is 6.42 Å². The van der Waals surface area contributed by atoms with Crippen LogP contribution in [0, 0.1) is 5.92 Å². The molecule has 0 saturated carbocycles. The Morgan fingerprint density at radius 3 is 2.47 bits per heavy atom. The van der Waals surface area contributed by atoms with Crippen molar-refractivity contribution in [2.75, 3.05) is 0 Å². The standard InChI is InChI=1S/C13H17N3O/c1-9(2)7-10-3-5-11(6-4-10)12(14)13-15-8-17-16-13/h3-6,8-9,12H,7,14H2,1-2H3. The predicted molar refractivity (Wildman–Crippen MR) is 65.3 cm³/mol. The molecule has 0 saturated heterocycles. The molecule has 0 amide bonds. The molecule has 1 unspecified atom stereocenters. The molecule has 1 aromatic carbocycles. The molecule has 0 fully saturated rings. The summed E-state index contributed by atoms with van der Waals surface area (Å²) in [5.41, 5.74) is 8.35. The van der Waals surface area contributed by atoms with Crippen LogP contribution in [0.4, 0.5) is 0 Å². The van der Waals surface area contributed by atoms with E-state index < -0.39 is 0 Å². The first-order chi connectivity index (χ1) is 8.16. The van der Waals surface area contributed by atoms with Crippen molar-refractivity contribution in [2.24, 2.45) is 11.7 Å². The van der Waals surface area contributed by atoms with Gasteiger partial charge in [0.05, 0.1) is 6.04 Å². The van der Waals surface area contributed by atoms with Crippen LogP contribution < -0.4 is 5.73 Å². The minimum atomic E-state index is -0.318. The Hall–Kier alpha value is -1.68. The third-order valence-electron chi connectivity index (χ3n) is 2.64. The van der Waals surface area contributed by atoms with E-state index in [0.29, 0.717) is 11.7 Å². The van der Waals surface area contributed by atoms with Crippen LogP contribution >= 0.6 is 0 Å². The Bertz CT molecular complexity index is 448. The molecule has 1 heterocycles. The van der Waals surface area contributed by atoms with Gasteiger partial charge < -0.3 is 10.3 Å². The molecular formula is C13H17N3O. The molecule has 2 aromatic rings. The Morgan fingerprint density at radius 2 is 1.94 bits per heavy atom. The van der Waals surface area contributed by atoms with Crippen molar-refractivity contribution in [3.63, 3.8) is 0 Å². The number of hydrogen-bond donors (Lipinski definition) is 1. The molecule has 4 heteroatoms. The Balaban J connectivity index is 2.12. The number of benzene rings is 1. The van der Waals surface area contributed by atoms with Crippen molar-refractivity contribution in [1.82, 2.24) is 10.1 Å². The maximum Gasteiger partial charge on any atom is 0.213 e. The summed E-state index contributed by atoms with van der Waals surface area (Å²) in [4.78, 5) is 3.96. The topological polar surface area (TPSA) is 64.9 Å². The summed E-state index contributed by atoms with van der Waals surface area (Å²) in [5, 5.41) is 3.75. The molecule has 90 valence electrons. The van der Waals surface area contributed by atoms with Crippen molar-refractivity contribution in [2.45, 2.75) is 26.3 Å². The van der Waals surface area contributed by atoms with E-state index in [4.69, 9.17) is 10.3 Å². The molecule has 17 heavy (non-hydrogen) atoms. The van der Waals surface area contributed by atoms with E-state index in [2.05, 4.69) is 36.1 Å². The van der Waals surface area contributed by atoms with Crippen LogP contribution in [-0.4, -0.2) is 10.1 Å². The van der Waals surface area contributed by atoms with Gasteiger partial charge in [-0.1, -0.05) is 43.3 Å². The van der Waals surface area contributed by atoms with Crippen LogP contribution in [0.3, 0.4) is 0 Å². The minimum absolute atomic E-state index is 0.318. The van der Waals surface area contributed by atoms with Gasteiger partial charge in [-0.2, -0.15) is 4.98 Å². The second-order valence-electron chi connectivity index (χ2n) is 4.61. The molecule has 2 rings (SSSR count). The number of aromatic nitrogens is 2. The molecule has 0 bridgehead atoms. The lowest BCUT2D eigenvalue weighted by Gasteiger charge is -2.09. The van der Waals surface area contributed by atoms with E-state index in [0.717, 1.165) is 12.0 Å². The lowest BCUT2D eigenvalue weighted by atomic mass is 9.99. The summed E-state index contributed by atoms with van der Waals surface area (Å²) in [6.07, 6.45) is 2.38. The van der Waals surface area contributed by atoms with E-state index in [1.807, 2.05) is 12.1 Å². The van der Waals surface area contributed by atoms with E-state index in [-0.39, 0.29) is 6.04 Å². The Kier molecular flexibility index (Phi) is 3.54. The van der Waals surface area contributed by atoms with Crippen molar-refractivity contribution in [1.29, 1.82) is 0 Å². The summed E-state index contributed by atoms with van der Waals surface area (Å²) in [6.45, 7) is 4.41. The number of nitrogens with two attached hydrogens (primary N) is 1. The molecule has 2 N–H and O–H groups in total. The molecule has 0 spiro atoms. The van der Waals surface area contributed by atoms with Gasteiger partial charge in [-0.05, 0) is 23.5 Å². The highest BCUT2D eigenvalue weighted by atomic mass is 16.5. The van der Waals surface area contributed by atoms with Gasteiger partial charge in [0, 0.05) is 0 Å². The van der Waals surface area contributed by atoms with Crippen molar-refractivity contribution in [3.05, 3.63) is 47.6 Å². The lowest BCUT2D eigenvalue weighted by Crippen LogP contribution is -2.13. The van der Waals surface area contributed by atoms with Crippen molar-refractivity contribution >= 4 is 0 Å². The average Bonchev–Trinajstić information content (AvgIpc) is 2.82. The van der Waals surface area contributed by atoms with Crippen molar-refractivity contribution < 1.29 is 4.52 Å².